The van der Waals surface area contributed by atoms with Crippen molar-refractivity contribution in [3.05, 3.63) is 29.9 Å². The van der Waals surface area contributed by atoms with Gasteiger partial charge in [0.15, 0.2) is 5.76 Å². The zero-order valence-corrected chi connectivity index (χ0v) is 14.5. The molecule has 3 rings (SSSR count). The van der Waals surface area contributed by atoms with Crippen molar-refractivity contribution < 1.29 is 13.6 Å². The third kappa shape index (κ3) is 4.50. The molecule has 1 fully saturated rings. The highest BCUT2D eigenvalue weighted by molar-refractivity contribution is 5.85. The number of halogens is 2. The number of hydrogen-bond donors (Lipinski definition) is 1. The Morgan fingerprint density at radius 3 is 2.70 bits per heavy atom. The molecule has 0 bridgehead atoms. The second-order valence-corrected chi connectivity index (χ2v) is 5.39. The average Bonchev–Trinajstić information content (AvgIpc) is 3.10. The molecule has 1 amide bonds. The molecule has 1 saturated heterocycles. The maximum absolute atomic E-state index is 12.3. The molecule has 128 valence electrons. The number of rotatable bonds is 3. The van der Waals surface area contributed by atoms with Gasteiger partial charge in [0.05, 0.1) is 18.4 Å². The number of aromatic nitrogens is 1. The van der Waals surface area contributed by atoms with Crippen LogP contribution in [0.3, 0.4) is 0 Å². The van der Waals surface area contributed by atoms with Crippen molar-refractivity contribution in [1.29, 1.82) is 0 Å². The van der Waals surface area contributed by atoms with Crippen LogP contribution in [-0.4, -0.2) is 34.9 Å². The summed E-state index contributed by atoms with van der Waals surface area (Å²) >= 11 is 0. The number of hydrogen-bond acceptors (Lipinski definition) is 5. The molecule has 0 spiro atoms. The van der Waals surface area contributed by atoms with Crippen LogP contribution >= 0.6 is 24.8 Å². The summed E-state index contributed by atoms with van der Waals surface area (Å²) < 4.78 is 10.8. The first-order chi connectivity index (χ1) is 10.1. The topological polar surface area (TPSA) is 85.5 Å². The van der Waals surface area contributed by atoms with Crippen LogP contribution in [0.4, 0.5) is 0 Å². The van der Waals surface area contributed by atoms with Gasteiger partial charge in [-0.1, -0.05) is 0 Å². The Morgan fingerprint density at radius 2 is 2.09 bits per heavy atom. The monoisotopic (exact) mass is 361 g/mol. The second kappa shape index (κ2) is 8.38. The first-order valence-electron chi connectivity index (χ1n) is 7.17. The van der Waals surface area contributed by atoms with Gasteiger partial charge in [-0.3, -0.25) is 4.79 Å². The van der Waals surface area contributed by atoms with Gasteiger partial charge < -0.3 is 19.5 Å². The Balaban J connectivity index is 0.00000132. The van der Waals surface area contributed by atoms with Gasteiger partial charge in [-0.25, -0.2) is 4.98 Å². The number of carbonyl (C=O) groups excluding carboxylic acids is 1. The van der Waals surface area contributed by atoms with Crippen LogP contribution in [0.25, 0.3) is 11.7 Å². The molecule has 0 saturated carbocycles. The largest absolute Gasteiger partial charge is 0.459 e. The van der Waals surface area contributed by atoms with E-state index in [0.29, 0.717) is 23.1 Å². The van der Waals surface area contributed by atoms with Gasteiger partial charge in [-0.2, -0.15) is 0 Å². The lowest BCUT2D eigenvalue weighted by atomic mass is 10.1. The zero-order chi connectivity index (χ0) is 14.8. The maximum atomic E-state index is 12.3. The Morgan fingerprint density at radius 1 is 1.39 bits per heavy atom. The van der Waals surface area contributed by atoms with Crippen molar-refractivity contribution in [2.24, 2.45) is 5.73 Å². The van der Waals surface area contributed by atoms with Gasteiger partial charge in [0, 0.05) is 19.1 Å². The smallest absolute Gasteiger partial charge is 0.263 e. The molecule has 0 aliphatic carbocycles. The Bertz CT molecular complexity index is 620. The number of carbonyl (C=O) groups is 1. The van der Waals surface area contributed by atoms with E-state index in [9.17, 15) is 4.79 Å². The van der Waals surface area contributed by atoms with Crippen LogP contribution < -0.4 is 5.73 Å². The molecule has 23 heavy (non-hydrogen) atoms. The highest BCUT2D eigenvalue weighted by Crippen LogP contribution is 2.22. The van der Waals surface area contributed by atoms with E-state index >= 15 is 0 Å². The minimum Gasteiger partial charge on any atom is -0.459 e. The van der Waals surface area contributed by atoms with Crippen LogP contribution in [0.15, 0.2) is 27.2 Å². The quantitative estimate of drug-likeness (QED) is 0.907. The van der Waals surface area contributed by atoms with Crippen molar-refractivity contribution in [3.63, 3.8) is 0 Å². The SMILES string of the molecule is Cc1oc(-c2ccco2)nc1CC(=O)N1CCC(N)CC1.Cl.Cl. The fourth-order valence-electron chi connectivity index (χ4n) is 2.50. The third-order valence-corrected chi connectivity index (χ3v) is 3.84. The van der Waals surface area contributed by atoms with E-state index in [2.05, 4.69) is 4.98 Å². The standard InChI is InChI=1S/C15H19N3O3.2ClH/c1-10-12(17-15(21-10)13-3-2-8-20-13)9-14(19)18-6-4-11(16)5-7-18;;/h2-3,8,11H,4-7,9,16H2,1H3;2*1H. The number of furan rings is 1. The van der Waals surface area contributed by atoms with Crippen LogP contribution in [0.5, 0.6) is 0 Å². The molecule has 6 nitrogen and oxygen atoms in total. The molecule has 1 aliphatic rings. The molecule has 2 N–H and O–H groups in total. The van der Waals surface area contributed by atoms with Crippen molar-refractivity contribution in [1.82, 2.24) is 9.88 Å². The number of amides is 1. The summed E-state index contributed by atoms with van der Waals surface area (Å²) in [5.74, 6) is 1.72. The highest BCUT2D eigenvalue weighted by atomic mass is 35.5. The van der Waals surface area contributed by atoms with Crippen LogP contribution in [0.1, 0.15) is 24.3 Å². The normalized spacial score (nSPS) is 15.0. The molecule has 1 aliphatic heterocycles. The van der Waals surface area contributed by atoms with Gasteiger partial charge in [0.25, 0.3) is 5.89 Å². The molecular weight excluding hydrogens is 341 g/mol. The molecule has 2 aromatic rings. The summed E-state index contributed by atoms with van der Waals surface area (Å²) in [6, 6.07) is 3.77. The van der Waals surface area contributed by atoms with E-state index in [1.165, 1.54) is 0 Å². The van der Waals surface area contributed by atoms with E-state index in [1.54, 1.807) is 18.4 Å². The summed E-state index contributed by atoms with van der Waals surface area (Å²) in [5, 5.41) is 0. The fraction of sp³-hybridized carbons (Fsp3) is 0.467. The third-order valence-electron chi connectivity index (χ3n) is 3.84. The molecule has 0 unspecified atom stereocenters. The van der Waals surface area contributed by atoms with Crippen LogP contribution in [0, 0.1) is 6.92 Å². The summed E-state index contributed by atoms with van der Waals surface area (Å²) in [7, 11) is 0. The van der Waals surface area contributed by atoms with Crippen molar-refractivity contribution in [2.45, 2.75) is 32.2 Å². The number of nitrogens with two attached hydrogens (primary N) is 1. The van der Waals surface area contributed by atoms with Gasteiger partial charge in [0.2, 0.25) is 5.91 Å². The Hall–Kier alpha value is -1.50. The Labute approximate surface area is 147 Å². The van der Waals surface area contributed by atoms with Gasteiger partial charge in [-0.05, 0) is 31.9 Å². The van der Waals surface area contributed by atoms with Gasteiger partial charge in [-0.15, -0.1) is 24.8 Å². The minimum absolute atomic E-state index is 0. The van der Waals surface area contributed by atoms with E-state index in [1.807, 2.05) is 11.8 Å². The number of nitrogens with zero attached hydrogens (tertiary/aromatic N) is 2. The fourth-order valence-corrected chi connectivity index (χ4v) is 2.50. The lowest BCUT2D eigenvalue weighted by Crippen LogP contribution is -2.43. The molecule has 3 heterocycles. The summed E-state index contributed by atoms with van der Waals surface area (Å²) in [6.07, 6.45) is 3.55. The predicted octanol–water partition coefficient (Wildman–Crippen LogP) is 2.58. The highest BCUT2D eigenvalue weighted by Gasteiger charge is 2.23. The van der Waals surface area contributed by atoms with Gasteiger partial charge in [0.1, 0.15) is 5.76 Å². The number of oxazole rings is 1. The van der Waals surface area contributed by atoms with Crippen LogP contribution in [0.2, 0.25) is 0 Å². The van der Waals surface area contributed by atoms with E-state index in [0.717, 1.165) is 25.9 Å². The maximum Gasteiger partial charge on any atom is 0.263 e. The molecule has 2 aromatic heterocycles. The summed E-state index contributed by atoms with van der Waals surface area (Å²) in [5.41, 5.74) is 6.52. The molecular formula is C15H21Cl2N3O3. The summed E-state index contributed by atoms with van der Waals surface area (Å²) in [6.45, 7) is 3.26. The summed E-state index contributed by atoms with van der Waals surface area (Å²) in [4.78, 5) is 18.5. The average molecular weight is 362 g/mol. The molecule has 8 heteroatoms. The first-order valence-corrected chi connectivity index (χ1v) is 7.17. The number of likely N-dealkylation sites (tertiary alicyclic amines) is 1. The molecule has 0 atom stereocenters. The predicted molar refractivity (Wildman–Crippen MR) is 90.9 cm³/mol. The Kier molecular flexibility index (Phi) is 7.12. The van der Waals surface area contributed by atoms with Crippen molar-refractivity contribution in [2.75, 3.05) is 13.1 Å². The van der Waals surface area contributed by atoms with E-state index in [-0.39, 0.29) is 43.2 Å². The first kappa shape index (κ1) is 19.5. The number of piperidine rings is 1. The molecule has 0 aromatic carbocycles. The van der Waals surface area contributed by atoms with Crippen LogP contribution in [-0.2, 0) is 11.2 Å². The van der Waals surface area contributed by atoms with Gasteiger partial charge >= 0.3 is 0 Å². The number of aryl methyl sites for hydroxylation is 1. The van der Waals surface area contributed by atoms with Crippen molar-refractivity contribution in [3.8, 4) is 11.7 Å². The lowest BCUT2D eigenvalue weighted by molar-refractivity contribution is -0.131. The zero-order valence-electron chi connectivity index (χ0n) is 12.9. The molecule has 0 radical (unpaired) electrons. The minimum atomic E-state index is 0. The van der Waals surface area contributed by atoms with E-state index < -0.39 is 0 Å². The lowest BCUT2D eigenvalue weighted by Gasteiger charge is -2.30. The van der Waals surface area contributed by atoms with E-state index in [4.69, 9.17) is 14.6 Å². The van der Waals surface area contributed by atoms with Crippen molar-refractivity contribution >= 4 is 30.7 Å². The second-order valence-electron chi connectivity index (χ2n) is 5.39.